The summed E-state index contributed by atoms with van der Waals surface area (Å²) in [6.07, 6.45) is 0. The summed E-state index contributed by atoms with van der Waals surface area (Å²) in [5.74, 6) is 0.522. The maximum Gasteiger partial charge on any atom is 0.263 e. The van der Waals surface area contributed by atoms with Crippen molar-refractivity contribution in [2.45, 2.75) is 22.8 Å². The van der Waals surface area contributed by atoms with Crippen molar-refractivity contribution in [2.24, 2.45) is 0 Å². The zero-order valence-corrected chi connectivity index (χ0v) is 18.9. The van der Waals surface area contributed by atoms with Crippen molar-refractivity contribution in [1.82, 2.24) is 14.9 Å². The van der Waals surface area contributed by atoms with Crippen molar-refractivity contribution < 1.29 is 21.6 Å². The molecule has 0 bridgehead atoms. The molecular formula is C17H17ClN4O5S3. The van der Waals surface area contributed by atoms with Crippen molar-refractivity contribution in [3.63, 3.8) is 0 Å². The van der Waals surface area contributed by atoms with Crippen molar-refractivity contribution in [3.8, 4) is 5.75 Å². The molecule has 1 heterocycles. The summed E-state index contributed by atoms with van der Waals surface area (Å²) in [4.78, 5) is 0.0697. The molecule has 2 N–H and O–H groups in total. The molecule has 13 heteroatoms. The molecule has 0 saturated carbocycles. The van der Waals surface area contributed by atoms with Crippen LogP contribution >= 0.6 is 22.9 Å². The van der Waals surface area contributed by atoms with E-state index in [1.54, 1.807) is 6.92 Å². The summed E-state index contributed by atoms with van der Waals surface area (Å²) >= 11 is 6.71. The summed E-state index contributed by atoms with van der Waals surface area (Å²) < 4.78 is 59.8. The van der Waals surface area contributed by atoms with E-state index < -0.39 is 26.1 Å². The second-order valence-corrected chi connectivity index (χ2v) is 10.9. The average Bonchev–Trinajstić information content (AvgIpc) is 3.16. The van der Waals surface area contributed by atoms with Gasteiger partial charge >= 0.3 is 0 Å². The first-order valence-corrected chi connectivity index (χ1v) is 12.5. The van der Waals surface area contributed by atoms with Crippen LogP contribution in [0.5, 0.6) is 5.75 Å². The minimum Gasteiger partial charge on any atom is -0.497 e. The van der Waals surface area contributed by atoms with Crippen LogP contribution in [0.2, 0.25) is 5.02 Å². The predicted octanol–water partition coefficient (Wildman–Crippen LogP) is 3.04. The maximum absolute atomic E-state index is 12.5. The van der Waals surface area contributed by atoms with Gasteiger partial charge in [-0.25, -0.2) is 21.6 Å². The zero-order valence-electron chi connectivity index (χ0n) is 15.7. The van der Waals surface area contributed by atoms with Crippen LogP contribution in [0, 0.1) is 0 Å². The van der Waals surface area contributed by atoms with E-state index in [1.807, 2.05) is 0 Å². The maximum atomic E-state index is 12.5. The van der Waals surface area contributed by atoms with Gasteiger partial charge in [-0.2, -0.15) is 0 Å². The summed E-state index contributed by atoms with van der Waals surface area (Å²) in [7, 11) is -6.22. The highest BCUT2D eigenvalue weighted by atomic mass is 35.5. The number of anilines is 1. The molecule has 0 aliphatic heterocycles. The Labute approximate surface area is 183 Å². The number of sulfonamides is 2. The van der Waals surface area contributed by atoms with Gasteiger partial charge in [0.25, 0.3) is 10.0 Å². The molecule has 0 amide bonds. The Balaban J connectivity index is 1.72. The van der Waals surface area contributed by atoms with Crippen molar-refractivity contribution in [3.05, 3.63) is 58.6 Å². The zero-order chi connectivity index (χ0) is 21.9. The smallest absolute Gasteiger partial charge is 0.263 e. The lowest BCUT2D eigenvalue weighted by atomic mass is 10.3. The molecule has 3 rings (SSSR count). The Morgan fingerprint density at radius 1 is 0.933 bits per heavy atom. The Kier molecular flexibility index (Phi) is 6.62. The van der Waals surface area contributed by atoms with E-state index in [0.29, 0.717) is 15.8 Å². The molecule has 9 nitrogen and oxygen atoms in total. The van der Waals surface area contributed by atoms with Crippen LogP contribution in [-0.2, 0) is 20.0 Å². The largest absolute Gasteiger partial charge is 0.497 e. The van der Waals surface area contributed by atoms with Gasteiger partial charge in [-0.1, -0.05) is 22.9 Å². The molecule has 0 spiro atoms. The fourth-order valence-electron chi connectivity index (χ4n) is 2.34. The van der Waals surface area contributed by atoms with Crippen LogP contribution in [0.3, 0.4) is 0 Å². The molecule has 0 radical (unpaired) electrons. The van der Waals surface area contributed by atoms with E-state index in [9.17, 15) is 16.8 Å². The second-order valence-electron chi connectivity index (χ2n) is 6.02. The molecule has 1 aromatic heterocycles. The minimum atomic E-state index is -3.88. The van der Waals surface area contributed by atoms with Crippen LogP contribution in [0.4, 0.5) is 5.13 Å². The topological polar surface area (TPSA) is 127 Å². The average molecular weight is 489 g/mol. The number of nitrogens with zero attached hydrogens (tertiary/aromatic N) is 2. The fourth-order valence-corrected chi connectivity index (χ4v) is 5.73. The third-order valence-corrected chi connectivity index (χ3v) is 8.17. The lowest BCUT2D eigenvalue weighted by Crippen LogP contribution is -2.26. The lowest BCUT2D eigenvalue weighted by Gasteiger charge is -2.11. The first kappa shape index (κ1) is 22.4. The third kappa shape index (κ3) is 5.26. The molecular weight excluding hydrogens is 472 g/mol. The molecule has 0 aliphatic carbocycles. The van der Waals surface area contributed by atoms with Gasteiger partial charge in [-0.05, 0) is 55.5 Å². The minimum absolute atomic E-state index is 0.0124. The number of aromatic nitrogens is 2. The van der Waals surface area contributed by atoms with Gasteiger partial charge in [0, 0.05) is 5.02 Å². The quantitative estimate of drug-likeness (QED) is 0.498. The third-order valence-electron chi connectivity index (χ3n) is 3.86. The van der Waals surface area contributed by atoms with Gasteiger partial charge in [0.15, 0.2) is 0 Å². The Hall–Kier alpha value is -2.25. The molecule has 3 aromatic rings. The van der Waals surface area contributed by atoms with Crippen LogP contribution in [0.1, 0.15) is 18.0 Å². The Bertz CT molecular complexity index is 1230. The molecule has 0 fully saturated rings. The molecule has 160 valence electrons. The van der Waals surface area contributed by atoms with E-state index in [2.05, 4.69) is 19.6 Å². The number of hydrogen-bond acceptors (Lipinski definition) is 8. The molecule has 1 atom stereocenters. The van der Waals surface area contributed by atoms with Gasteiger partial charge in [-0.15, -0.1) is 10.2 Å². The van der Waals surface area contributed by atoms with Crippen LogP contribution in [-0.4, -0.2) is 34.1 Å². The van der Waals surface area contributed by atoms with E-state index >= 15 is 0 Å². The predicted molar refractivity (Wildman–Crippen MR) is 114 cm³/mol. The number of halogens is 1. The lowest BCUT2D eigenvalue weighted by molar-refractivity contribution is 0.414. The highest BCUT2D eigenvalue weighted by Gasteiger charge is 2.23. The molecule has 1 unspecified atom stereocenters. The fraction of sp³-hybridized carbons (Fsp3) is 0.176. The number of ether oxygens (including phenoxy) is 1. The molecule has 2 aromatic carbocycles. The molecule has 30 heavy (non-hydrogen) atoms. The van der Waals surface area contributed by atoms with E-state index in [1.165, 1.54) is 55.6 Å². The number of benzene rings is 2. The van der Waals surface area contributed by atoms with Crippen LogP contribution in [0.25, 0.3) is 0 Å². The van der Waals surface area contributed by atoms with Gasteiger partial charge < -0.3 is 4.74 Å². The van der Waals surface area contributed by atoms with Gasteiger partial charge in [0.2, 0.25) is 15.2 Å². The first-order valence-electron chi connectivity index (χ1n) is 8.39. The summed E-state index contributed by atoms with van der Waals surface area (Å²) in [6, 6.07) is 10.8. The van der Waals surface area contributed by atoms with E-state index in [0.717, 1.165) is 11.3 Å². The summed E-state index contributed by atoms with van der Waals surface area (Å²) in [5, 5.41) is 8.40. The van der Waals surface area contributed by atoms with Crippen molar-refractivity contribution in [2.75, 3.05) is 11.8 Å². The molecule has 0 saturated heterocycles. The van der Waals surface area contributed by atoms with Gasteiger partial charge in [0.1, 0.15) is 10.8 Å². The standard InChI is InChI=1S/C17H17ClN4O5S3/c1-11(21-29(23,24)14-7-3-12(18)4-8-14)16-19-20-17(28-16)22-30(25,26)15-9-5-13(27-2)6-10-15/h3-11,21H,1-2H3,(H,20,22). The Morgan fingerprint density at radius 2 is 1.50 bits per heavy atom. The highest BCUT2D eigenvalue weighted by molar-refractivity contribution is 7.93. The van der Waals surface area contributed by atoms with E-state index in [-0.39, 0.29) is 14.9 Å². The summed E-state index contributed by atoms with van der Waals surface area (Å²) in [5.41, 5.74) is 0. The number of hydrogen-bond donors (Lipinski definition) is 2. The SMILES string of the molecule is COc1ccc(S(=O)(=O)Nc2nnc(C(C)NS(=O)(=O)c3ccc(Cl)cc3)s2)cc1. The first-order chi connectivity index (χ1) is 14.1. The van der Waals surface area contributed by atoms with Gasteiger partial charge in [0.05, 0.1) is 22.9 Å². The highest BCUT2D eigenvalue weighted by Crippen LogP contribution is 2.26. The molecule has 0 aliphatic rings. The Morgan fingerprint density at radius 3 is 2.10 bits per heavy atom. The van der Waals surface area contributed by atoms with E-state index in [4.69, 9.17) is 16.3 Å². The number of rotatable bonds is 8. The van der Waals surface area contributed by atoms with Crippen molar-refractivity contribution >= 4 is 48.1 Å². The normalized spacial score (nSPS) is 13.0. The van der Waals surface area contributed by atoms with Crippen molar-refractivity contribution in [1.29, 1.82) is 0 Å². The van der Waals surface area contributed by atoms with Crippen LogP contribution < -0.4 is 14.2 Å². The van der Waals surface area contributed by atoms with Crippen LogP contribution in [0.15, 0.2) is 58.3 Å². The van der Waals surface area contributed by atoms with Gasteiger partial charge in [-0.3, -0.25) is 4.72 Å². The monoisotopic (exact) mass is 488 g/mol. The second kappa shape index (κ2) is 8.86. The number of nitrogens with one attached hydrogen (secondary N) is 2. The number of methoxy groups -OCH3 is 1. The summed E-state index contributed by atoms with van der Waals surface area (Å²) in [6.45, 7) is 1.58.